The fraction of sp³-hybridized carbons (Fsp3) is 0.500. The van der Waals surface area contributed by atoms with Crippen molar-refractivity contribution in [3.05, 3.63) is 12.2 Å². The Balaban J connectivity index is 4.14. The molecule has 0 N–H and O–H groups in total. The predicted molar refractivity (Wildman–Crippen MR) is 34.4 cm³/mol. The molecule has 0 rings (SSSR count). The maximum Gasteiger partial charge on any atom is 0.129 e. The van der Waals surface area contributed by atoms with Crippen molar-refractivity contribution in [3.8, 4) is 0 Å². The standard InChI is InChI=1S/C4H8F3NOS/c1-4(2)3-10(7,9)8(5)6/h10H,1,3H2,2H3. The molecule has 6 heteroatoms. The first-order chi connectivity index (χ1) is 4.36. The average Bonchev–Trinajstić information content (AvgIpc) is 1.60. The normalized spacial score (nSPS) is 13.7. The van der Waals surface area contributed by atoms with E-state index in [2.05, 4.69) is 6.58 Å². The highest BCUT2D eigenvalue weighted by atomic mass is 32.3. The highest BCUT2D eigenvalue weighted by Crippen LogP contribution is 2.17. The van der Waals surface area contributed by atoms with Crippen LogP contribution in [0.4, 0.5) is 12.8 Å². The monoisotopic (exact) mass is 175 g/mol. The van der Waals surface area contributed by atoms with E-state index in [-0.39, 0.29) is 5.57 Å². The lowest BCUT2D eigenvalue weighted by molar-refractivity contribution is -0.0566. The van der Waals surface area contributed by atoms with Crippen LogP contribution in [0, 0.1) is 0 Å². The zero-order chi connectivity index (χ0) is 8.36. The molecule has 0 aliphatic heterocycles. The van der Waals surface area contributed by atoms with E-state index in [1.165, 1.54) is 6.92 Å². The van der Waals surface area contributed by atoms with Crippen molar-refractivity contribution in [3.63, 3.8) is 0 Å². The Morgan fingerprint density at radius 3 is 2.20 bits per heavy atom. The smallest absolute Gasteiger partial charge is 0.129 e. The molecule has 0 saturated heterocycles. The SMILES string of the molecule is C=C(C)C[SH](=O)(F)N(F)F. The van der Waals surface area contributed by atoms with Gasteiger partial charge in [0.1, 0.15) is 15.3 Å². The van der Waals surface area contributed by atoms with Crippen molar-refractivity contribution < 1.29 is 17.1 Å². The van der Waals surface area contributed by atoms with Crippen LogP contribution in [0.1, 0.15) is 6.92 Å². The van der Waals surface area contributed by atoms with Crippen LogP contribution in [-0.4, -0.2) is 14.7 Å². The summed E-state index contributed by atoms with van der Waals surface area (Å²) in [5.41, 5.74) is 0.131. The fourth-order valence-electron chi connectivity index (χ4n) is 0.386. The summed E-state index contributed by atoms with van der Waals surface area (Å²) in [4.78, 5) is 0. The van der Waals surface area contributed by atoms with Gasteiger partial charge in [0, 0.05) is 0 Å². The third kappa shape index (κ3) is 2.98. The molecular weight excluding hydrogens is 167 g/mol. The average molecular weight is 175 g/mol. The van der Waals surface area contributed by atoms with Gasteiger partial charge in [0.05, 0.1) is 5.75 Å². The first-order valence-corrected chi connectivity index (χ1v) is 4.15. The number of halogens is 3. The summed E-state index contributed by atoms with van der Waals surface area (Å²) in [5.74, 6) is -0.792. The topological polar surface area (TPSA) is 20.3 Å². The molecule has 0 heterocycles. The van der Waals surface area contributed by atoms with Crippen molar-refractivity contribution in [1.29, 1.82) is 0 Å². The minimum atomic E-state index is -4.92. The lowest BCUT2D eigenvalue weighted by Gasteiger charge is -2.13. The number of rotatable bonds is 3. The molecule has 0 amide bonds. The van der Waals surface area contributed by atoms with Gasteiger partial charge in [0.15, 0.2) is 0 Å². The molecule has 0 radical (unpaired) electrons. The van der Waals surface area contributed by atoms with Gasteiger partial charge in [0.2, 0.25) is 0 Å². The molecule has 62 valence electrons. The van der Waals surface area contributed by atoms with Crippen molar-refractivity contribution in [2.24, 2.45) is 0 Å². The van der Waals surface area contributed by atoms with Gasteiger partial charge in [-0.25, -0.2) is 4.21 Å². The van der Waals surface area contributed by atoms with Crippen molar-refractivity contribution in [1.82, 2.24) is 4.75 Å². The zero-order valence-corrected chi connectivity index (χ0v) is 6.25. The molecule has 0 atom stereocenters. The minimum absolute atomic E-state index is 0.131. The summed E-state index contributed by atoms with van der Waals surface area (Å²) in [5, 5.41) is 0. The third-order valence-corrected chi connectivity index (χ3v) is 2.07. The molecule has 0 aromatic heterocycles. The van der Waals surface area contributed by atoms with Crippen molar-refractivity contribution >= 4 is 10.5 Å². The zero-order valence-electron chi connectivity index (χ0n) is 5.35. The van der Waals surface area contributed by atoms with E-state index in [0.717, 1.165) is 0 Å². The van der Waals surface area contributed by atoms with Crippen molar-refractivity contribution in [2.75, 3.05) is 5.75 Å². The predicted octanol–water partition coefficient (Wildman–Crippen LogP) is 1.45. The molecule has 0 unspecified atom stereocenters. The molecule has 0 saturated carbocycles. The number of hydrogen-bond donors (Lipinski definition) is 1. The minimum Gasteiger partial charge on any atom is -0.236 e. The van der Waals surface area contributed by atoms with Gasteiger partial charge in [-0.1, -0.05) is 21.1 Å². The number of hydrogen-bond acceptors (Lipinski definition) is 1. The van der Waals surface area contributed by atoms with Crippen LogP contribution in [0.15, 0.2) is 12.2 Å². The van der Waals surface area contributed by atoms with Crippen LogP contribution < -0.4 is 0 Å². The van der Waals surface area contributed by atoms with E-state index >= 15 is 0 Å². The van der Waals surface area contributed by atoms with E-state index in [1.807, 2.05) is 0 Å². The maximum absolute atomic E-state index is 12.1. The van der Waals surface area contributed by atoms with Gasteiger partial charge in [-0.15, -0.1) is 3.89 Å². The van der Waals surface area contributed by atoms with Gasteiger partial charge in [-0.05, 0) is 6.92 Å². The van der Waals surface area contributed by atoms with E-state index in [9.17, 15) is 17.1 Å². The maximum atomic E-state index is 12.1. The molecule has 0 aliphatic carbocycles. The van der Waals surface area contributed by atoms with Gasteiger partial charge in [0.25, 0.3) is 0 Å². The quantitative estimate of drug-likeness (QED) is 0.298. The van der Waals surface area contributed by atoms with E-state index < -0.39 is 21.0 Å². The Morgan fingerprint density at radius 2 is 2.10 bits per heavy atom. The molecule has 0 spiro atoms. The molecule has 0 bridgehead atoms. The molecule has 10 heavy (non-hydrogen) atoms. The van der Waals surface area contributed by atoms with Gasteiger partial charge < -0.3 is 0 Å². The Bertz CT molecular complexity index is 181. The largest absolute Gasteiger partial charge is 0.236 e. The summed E-state index contributed by atoms with van der Waals surface area (Å²) in [6.45, 7) is 4.48. The first kappa shape index (κ1) is 9.64. The van der Waals surface area contributed by atoms with Crippen molar-refractivity contribution in [2.45, 2.75) is 6.92 Å². The number of nitrogens with zero attached hydrogens (tertiary/aromatic N) is 1. The molecule has 2 nitrogen and oxygen atoms in total. The summed E-state index contributed by atoms with van der Waals surface area (Å²) in [6, 6.07) is 0. The summed E-state index contributed by atoms with van der Waals surface area (Å²) in [7, 11) is -4.92. The lowest BCUT2D eigenvalue weighted by Crippen LogP contribution is -2.22. The van der Waals surface area contributed by atoms with E-state index in [4.69, 9.17) is 0 Å². The second-order valence-electron chi connectivity index (χ2n) is 1.95. The number of thiol groups is 1. The van der Waals surface area contributed by atoms with Gasteiger partial charge >= 0.3 is 0 Å². The van der Waals surface area contributed by atoms with E-state index in [1.54, 1.807) is 0 Å². The summed E-state index contributed by atoms with van der Waals surface area (Å²) >= 11 is 0. The lowest BCUT2D eigenvalue weighted by atomic mass is 10.4. The first-order valence-electron chi connectivity index (χ1n) is 2.41. The van der Waals surface area contributed by atoms with Crippen LogP contribution in [0.3, 0.4) is 0 Å². The van der Waals surface area contributed by atoms with Gasteiger partial charge in [-0.3, -0.25) is 0 Å². The Labute approximate surface area is 58.0 Å². The van der Waals surface area contributed by atoms with Gasteiger partial charge in [-0.2, -0.15) is 0 Å². The molecule has 0 fully saturated rings. The highest BCUT2D eigenvalue weighted by Gasteiger charge is 2.22. The highest BCUT2D eigenvalue weighted by molar-refractivity contribution is 7.95. The third-order valence-electron chi connectivity index (χ3n) is 0.691. The molecule has 0 aromatic carbocycles. The second-order valence-corrected chi connectivity index (χ2v) is 3.80. The van der Waals surface area contributed by atoms with Crippen LogP contribution in [0.25, 0.3) is 0 Å². The van der Waals surface area contributed by atoms with Crippen LogP contribution in [0.2, 0.25) is 0 Å². The van der Waals surface area contributed by atoms with Crippen LogP contribution in [-0.2, 0) is 10.5 Å². The summed E-state index contributed by atoms with van der Waals surface area (Å²) in [6.07, 6.45) is 0. The Morgan fingerprint density at radius 1 is 1.70 bits per heavy atom. The fourth-order valence-corrected chi connectivity index (χ4v) is 1.16. The van der Waals surface area contributed by atoms with E-state index in [0.29, 0.717) is 0 Å². The molecule has 0 aliphatic rings. The Hall–Kier alpha value is -0.360. The summed E-state index contributed by atoms with van der Waals surface area (Å²) < 4.78 is 43.1. The molecule has 0 aromatic rings. The Kier molecular flexibility index (Phi) is 3.04. The van der Waals surface area contributed by atoms with Crippen LogP contribution in [0.5, 0.6) is 0 Å². The molecular formula is C4H8F3NOS. The second kappa shape index (κ2) is 3.16. The van der Waals surface area contributed by atoms with Crippen LogP contribution >= 0.6 is 0 Å².